The third-order valence-electron chi connectivity index (χ3n) is 3.98. The molecule has 0 saturated carbocycles. The summed E-state index contributed by atoms with van der Waals surface area (Å²) < 4.78 is 13.4. The minimum atomic E-state index is 0.157. The first-order valence-electron chi connectivity index (χ1n) is 6.69. The van der Waals surface area contributed by atoms with Crippen molar-refractivity contribution in [1.29, 1.82) is 0 Å². The molecule has 0 aromatic carbocycles. The summed E-state index contributed by atoms with van der Waals surface area (Å²) >= 11 is 0. The van der Waals surface area contributed by atoms with Gasteiger partial charge in [-0.15, -0.1) is 0 Å². The van der Waals surface area contributed by atoms with Gasteiger partial charge in [0.05, 0.1) is 38.8 Å². The van der Waals surface area contributed by atoms with Gasteiger partial charge in [0.15, 0.2) is 0 Å². The highest BCUT2D eigenvalue weighted by Crippen LogP contribution is 2.30. The maximum absolute atomic E-state index is 5.71. The molecule has 2 aliphatic heterocycles. The molecule has 3 rings (SSSR count). The van der Waals surface area contributed by atoms with Crippen molar-refractivity contribution in [1.82, 2.24) is 14.9 Å². The van der Waals surface area contributed by atoms with Gasteiger partial charge in [-0.1, -0.05) is 6.92 Å². The second-order valence-electron chi connectivity index (χ2n) is 5.49. The van der Waals surface area contributed by atoms with E-state index in [1.807, 2.05) is 12.5 Å². The fourth-order valence-corrected chi connectivity index (χ4v) is 2.87. The Balaban J connectivity index is 1.74. The second kappa shape index (κ2) is 4.99. The number of rotatable bonds is 3. The minimum Gasteiger partial charge on any atom is -0.376 e. The summed E-state index contributed by atoms with van der Waals surface area (Å²) in [6, 6.07) is 0. The Bertz CT molecular complexity index is 393. The average molecular weight is 251 g/mol. The summed E-state index contributed by atoms with van der Waals surface area (Å²) in [4.78, 5) is 4.32. The first-order valence-corrected chi connectivity index (χ1v) is 6.69. The van der Waals surface area contributed by atoms with Crippen LogP contribution < -0.4 is 5.32 Å². The molecule has 0 spiro atoms. The molecule has 3 heterocycles. The van der Waals surface area contributed by atoms with Crippen LogP contribution in [0.5, 0.6) is 0 Å². The Hall–Kier alpha value is -0.910. The maximum Gasteiger partial charge on any atom is 0.0988 e. The van der Waals surface area contributed by atoms with Crippen molar-refractivity contribution in [3.8, 4) is 0 Å². The van der Waals surface area contributed by atoms with Crippen LogP contribution in [0, 0.1) is 0 Å². The SMILES string of the molecule is CC1(c2cncn2CC2COCCO2)CCNC1. The molecule has 1 aromatic heterocycles. The highest BCUT2D eigenvalue weighted by Gasteiger charge is 2.33. The number of aromatic nitrogens is 2. The average Bonchev–Trinajstić information content (AvgIpc) is 3.00. The van der Waals surface area contributed by atoms with E-state index < -0.39 is 0 Å². The molecule has 1 aromatic rings. The van der Waals surface area contributed by atoms with Crippen LogP contribution in [0.4, 0.5) is 0 Å². The van der Waals surface area contributed by atoms with Crippen molar-refractivity contribution in [2.75, 3.05) is 32.9 Å². The monoisotopic (exact) mass is 251 g/mol. The lowest BCUT2D eigenvalue weighted by Crippen LogP contribution is -2.35. The van der Waals surface area contributed by atoms with E-state index in [0.29, 0.717) is 13.2 Å². The predicted octanol–water partition coefficient (Wildman–Crippen LogP) is 0.549. The highest BCUT2D eigenvalue weighted by atomic mass is 16.6. The number of hydrogen-bond donors (Lipinski definition) is 1. The molecule has 2 fully saturated rings. The van der Waals surface area contributed by atoms with Crippen LogP contribution >= 0.6 is 0 Å². The zero-order valence-electron chi connectivity index (χ0n) is 10.9. The van der Waals surface area contributed by atoms with E-state index in [-0.39, 0.29) is 11.5 Å². The van der Waals surface area contributed by atoms with E-state index >= 15 is 0 Å². The Kier molecular flexibility index (Phi) is 3.37. The van der Waals surface area contributed by atoms with E-state index in [0.717, 1.165) is 26.2 Å². The Labute approximate surface area is 107 Å². The summed E-state index contributed by atoms with van der Waals surface area (Å²) in [6.07, 6.45) is 5.23. The van der Waals surface area contributed by atoms with Crippen molar-refractivity contribution in [3.05, 3.63) is 18.2 Å². The Morgan fingerprint density at radius 2 is 2.50 bits per heavy atom. The van der Waals surface area contributed by atoms with Gasteiger partial charge >= 0.3 is 0 Å². The fraction of sp³-hybridized carbons (Fsp3) is 0.769. The molecule has 0 amide bonds. The summed E-state index contributed by atoms with van der Waals surface area (Å²) in [7, 11) is 0. The largest absolute Gasteiger partial charge is 0.376 e. The highest BCUT2D eigenvalue weighted by molar-refractivity contribution is 5.17. The lowest BCUT2D eigenvalue weighted by molar-refractivity contribution is -0.0939. The standard InChI is InChI=1S/C13H21N3O2/c1-13(2-3-14-9-13)12-6-15-10-16(12)7-11-8-17-4-5-18-11/h6,10-11,14H,2-5,7-9H2,1H3. The van der Waals surface area contributed by atoms with Gasteiger partial charge in [-0.05, 0) is 13.0 Å². The van der Waals surface area contributed by atoms with Gasteiger partial charge in [0.2, 0.25) is 0 Å². The molecular weight excluding hydrogens is 230 g/mol. The summed E-state index contributed by atoms with van der Waals surface area (Å²) in [5.74, 6) is 0. The molecular formula is C13H21N3O2. The molecule has 1 N–H and O–H groups in total. The smallest absolute Gasteiger partial charge is 0.0988 e. The summed E-state index contributed by atoms with van der Waals surface area (Å²) in [6.45, 7) is 7.37. The molecule has 18 heavy (non-hydrogen) atoms. The van der Waals surface area contributed by atoms with E-state index in [1.54, 1.807) is 0 Å². The van der Waals surface area contributed by atoms with Crippen molar-refractivity contribution >= 4 is 0 Å². The van der Waals surface area contributed by atoms with E-state index in [4.69, 9.17) is 9.47 Å². The third kappa shape index (κ3) is 2.30. The first-order chi connectivity index (χ1) is 8.78. The van der Waals surface area contributed by atoms with Crippen molar-refractivity contribution in [2.45, 2.75) is 31.4 Å². The number of hydrogen-bond acceptors (Lipinski definition) is 4. The number of imidazole rings is 1. The van der Waals surface area contributed by atoms with Crippen LogP contribution in [0.25, 0.3) is 0 Å². The number of nitrogens with zero attached hydrogens (tertiary/aromatic N) is 2. The second-order valence-corrected chi connectivity index (χ2v) is 5.49. The van der Waals surface area contributed by atoms with E-state index in [2.05, 4.69) is 21.8 Å². The van der Waals surface area contributed by atoms with Crippen LogP contribution in [0.1, 0.15) is 19.0 Å². The van der Waals surface area contributed by atoms with Crippen LogP contribution in [0.2, 0.25) is 0 Å². The predicted molar refractivity (Wildman–Crippen MR) is 67.6 cm³/mol. The van der Waals surface area contributed by atoms with Crippen LogP contribution in [0.15, 0.2) is 12.5 Å². The zero-order chi connectivity index (χ0) is 12.4. The molecule has 2 aliphatic rings. The molecule has 2 atom stereocenters. The van der Waals surface area contributed by atoms with E-state index in [9.17, 15) is 0 Å². The summed E-state index contributed by atoms with van der Waals surface area (Å²) in [5.41, 5.74) is 1.51. The van der Waals surface area contributed by atoms with Crippen LogP contribution in [-0.4, -0.2) is 48.6 Å². The first kappa shape index (κ1) is 12.1. The molecule has 0 aliphatic carbocycles. The van der Waals surface area contributed by atoms with Gasteiger partial charge in [-0.3, -0.25) is 0 Å². The van der Waals surface area contributed by atoms with Gasteiger partial charge in [0.25, 0.3) is 0 Å². The molecule has 2 saturated heterocycles. The van der Waals surface area contributed by atoms with Gasteiger partial charge in [0, 0.05) is 23.9 Å². The third-order valence-corrected chi connectivity index (χ3v) is 3.98. The fourth-order valence-electron chi connectivity index (χ4n) is 2.87. The van der Waals surface area contributed by atoms with Crippen LogP contribution in [0.3, 0.4) is 0 Å². The molecule has 0 bridgehead atoms. The van der Waals surface area contributed by atoms with Gasteiger partial charge in [-0.25, -0.2) is 4.98 Å². The van der Waals surface area contributed by atoms with Gasteiger partial charge < -0.3 is 19.4 Å². The lowest BCUT2D eigenvalue weighted by atomic mass is 9.86. The normalized spacial score (nSPS) is 32.8. The molecule has 5 heteroatoms. The van der Waals surface area contributed by atoms with Crippen molar-refractivity contribution in [3.63, 3.8) is 0 Å². The van der Waals surface area contributed by atoms with Crippen LogP contribution in [-0.2, 0) is 21.4 Å². The Morgan fingerprint density at radius 3 is 3.22 bits per heavy atom. The maximum atomic E-state index is 5.71. The minimum absolute atomic E-state index is 0.157. The zero-order valence-corrected chi connectivity index (χ0v) is 10.9. The summed E-state index contributed by atoms with van der Waals surface area (Å²) in [5, 5.41) is 3.43. The van der Waals surface area contributed by atoms with Gasteiger partial charge in [-0.2, -0.15) is 0 Å². The molecule has 100 valence electrons. The lowest BCUT2D eigenvalue weighted by Gasteiger charge is -2.28. The molecule has 5 nitrogen and oxygen atoms in total. The quantitative estimate of drug-likeness (QED) is 0.852. The molecule has 2 unspecified atom stereocenters. The van der Waals surface area contributed by atoms with Crippen molar-refractivity contribution in [2.24, 2.45) is 0 Å². The Morgan fingerprint density at radius 1 is 1.56 bits per heavy atom. The topological polar surface area (TPSA) is 48.3 Å². The van der Waals surface area contributed by atoms with E-state index in [1.165, 1.54) is 12.1 Å². The molecule has 0 radical (unpaired) electrons. The number of ether oxygens (including phenoxy) is 2. The number of nitrogens with one attached hydrogen (secondary N) is 1. The van der Waals surface area contributed by atoms with Gasteiger partial charge in [0.1, 0.15) is 0 Å². The van der Waals surface area contributed by atoms with Crippen molar-refractivity contribution < 1.29 is 9.47 Å².